The van der Waals surface area contributed by atoms with Crippen LogP contribution >= 0.6 is 0 Å². The molecule has 0 radical (unpaired) electrons. The van der Waals surface area contributed by atoms with Gasteiger partial charge >= 0.3 is 0 Å². The third kappa shape index (κ3) is 1.70. The molecular formula is C14H16N4. The van der Waals surface area contributed by atoms with Crippen LogP contribution < -0.4 is 0 Å². The van der Waals surface area contributed by atoms with Gasteiger partial charge in [0.15, 0.2) is 5.82 Å². The van der Waals surface area contributed by atoms with Gasteiger partial charge in [-0.25, -0.2) is 4.98 Å². The second-order valence-corrected chi connectivity index (χ2v) is 4.60. The van der Waals surface area contributed by atoms with Crippen LogP contribution in [0.2, 0.25) is 0 Å². The first-order chi connectivity index (χ1) is 8.67. The van der Waals surface area contributed by atoms with Crippen LogP contribution in [0.5, 0.6) is 0 Å². The summed E-state index contributed by atoms with van der Waals surface area (Å²) in [5.74, 6) is 0.880. The highest BCUT2D eigenvalue weighted by molar-refractivity contribution is 5.79. The van der Waals surface area contributed by atoms with Crippen molar-refractivity contribution in [1.82, 2.24) is 19.7 Å². The van der Waals surface area contributed by atoms with E-state index in [1.807, 2.05) is 17.8 Å². The molecule has 3 rings (SSSR count). The van der Waals surface area contributed by atoms with Gasteiger partial charge in [-0.15, -0.1) is 0 Å². The van der Waals surface area contributed by atoms with E-state index < -0.39 is 0 Å². The summed E-state index contributed by atoms with van der Waals surface area (Å²) in [5.41, 5.74) is 5.42. The number of imidazole rings is 1. The van der Waals surface area contributed by atoms with Crippen LogP contribution in [0.4, 0.5) is 0 Å². The van der Waals surface area contributed by atoms with E-state index in [4.69, 9.17) is 0 Å². The number of fused-ring (bicyclic) bond motifs is 1. The summed E-state index contributed by atoms with van der Waals surface area (Å²) in [6, 6.07) is 8.32. The molecule has 0 fully saturated rings. The maximum absolute atomic E-state index is 4.62. The maximum atomic E-state index is 4.62. The fraction of sp³-hybridized carbons (Fsp3) is 0.286. The van der Waals surface area contributed by atoms with Gasteiger partial charge < -0.3 is 4.98 Å². The zero-order valence-electron chi connectivity index (χ0n) is 10.9. The van der Waals surface area contributed by atoms with Crippen LogP contribution in [0.1, 0.15) is 18.2 Å². The van der Waals surface area contributed by atoms with Crippen LogP contribution in [0, 0.1) is 6.92 Å². The molecule has 0 saturated carbocycles. The summed E-state index contributed by atoms with van der Waals surface area (Å²) in [6.45, 7) is 4.19. The summed E-state index contributed by atoms with van der Waals surface area (Å²) < 4.78 is 1.88. The Labute approximate surface area is 106 Å². The number of aromatic nitrogens is 4. The molecular weight excluding hydrogens is 224 g/mol. The Morgan fingerprint density at radius 3 is 2.83 bits per heavy atom. The van der Waals surface area contributed by atoms with Gasteiger partial charge in [-0.1, -0.05) is 13.0 Å². The highest BCUT2D eigenvalue weighted by atomic mass is 15.3. The molecule has 0 saturated heterocycles. The maximum Gasteiger partial charge on any atom is 0.156 e. The molecule has 0 amide bonds. The molecule has 92 valence electrons. The van der Waals surface area contributed by atoms with Crippen LogP contribution in [-0.2, 0) is 13.5 Å². The first-order valence-corrected chi connectivity index (χ1v) is 6.17. The molecule has 1 N–H and O–H groups in total. The zero-order valence-corrected chi connectivity index (χ0v) is 10.9. The van der Waals surface area contributed by atoms with Crippen molar-refractivity contribution < 1.29 is 0 Å². The van der Waals surface area contributed by atoms with Gasteiger partial charge in [0, 0.05) is 7.05 Å². The van der Waals surface area contributed by atoms with Gasteiger partial charge in [0.2, 0.25) is 0 Å². The fourth-order valence-electron chi connectivity index (χ4n) is 2.17. The third-order valence-electron chi connectivity index (χ3n) is 3.17. The number of hydrogen-bond donors (Lipinski definition) is 1. The summed E-state index contributed by atoms with van der Waals surface area (Å²) in [7, 11) is 1.95. The van der Waals surface area contributed by atoms with E-state index in [-0.39, 0.29) is 0 Å². The molecule has 1 aromatic carbocycles. The Bertz CT molecular complexity index is 706. The Kier molecular flexibility index (Phi) is 2.44. The molecule has 3 aromatic rings. The number of nitrogens with one attached hydrogen (secondary N) is 1. The molecule has 4 nitrogen and oxygen atoms in total. The van der Waals surface area contributed by atoms with Gasteiger partial charge in [0.1, 0.15) is 5.69 Å². The molecule has 0 atom stereocenters. The summed E-state index contributed by atoms with van der Waals surface area (Å²) in [6.07, 6.45) is 0.938. The monoisotopic (exact) mass is 240 g/mol. The summed E-state index contributed by atoms with van der Waals surface area (Å²) in [5, 5.41) is 4.45. The molecule has 0 bridgehead atoms. The largest absolute Gasteiger partial charge is 0.337 e. The normalized spacial score (nSPS) is 11.3. The van der Waals surface area contributed by atoms with Crippen LogP contribution in [0.25, 0.3) is 22.6 Å². The minimum absolute atomic E-state index is 0.880. The van der Waals surface area contributed by atoms with E-state index in [1.165, 1.54) is 5.56 Å². The molecule has 0 spiro atoms. The van der Waals surface area contributed by atoms with Crippen molar-refractivity contribution in [3.05, 3.63) is 35.5 Å². The van der Waals surface area contributed by atoms with Crippen molar-refractivity contribution in [1.29, 1.82) is 0 Å². The number of aromatic amines is 1. The molecule has 2 heterocycles. The Morgan fingerprint density at radius 1 is 1.28 bits per heavy atom. The Morgan fingerprint density at radius 2 is 2.11 bits per heavy atom. The number of hydrogen-bond acceptors (Lipinski definition) is 2. The van der Waals surface area contributed by atoms with Gasteiger partial charge in [-0.2, -0.15) is 5.10 Å². The van der Waals surface area contributed by atoms with E-state index in [0.29, 0.717) is 0 Å². The van der Waals surface area contributed by atoms with Crippen molar-refractivity contribution in [3.63, 3.8) is 0 Å². The molecule has 0 unspecified atom stereocenters. The number of H-pyrrole nitrogens is 1. The molecule has 18 heavy (non-hydrogen) atoms. The number of aryl methyl sites for hydroxylation is 3. The van der Waals surface area contributed by atoms with Gasteiger partial charge in [-0.05, 0) is 37.1 Å². The lowest BCUT2D eigenvalue weighted by atomic mass is 10.2. The standard InChI is InChI=1S/C14H16N4/c1-4-10-8-13(18(3)17-10)14-15-11-6-5-9(2)7-12(11)16-14/h5-8H,4H2,1-3H3,(H,15,16). The predicted molar refractivity (Wildman–Crippen MR) is 72.4 cm³/mol. The second kappa shape index (κ2) is 3.98. The summed E-state index contributed by atoms with van der Waals surface area (Å²) >= 11 is 0. The molecule has 0 aliphatic carbocycles. The highest BCUT2D eigenvalue weighted by Gasteiger charge is 2.10. The van der Waals surface area contributed by atoms with Gasteiger partial charge in [0.25, 0.3) is 0 Å². The Balaban J connectivity index is 2.15. The summed E-state index contributed by atoms with van der Waals surface area (Å²) in [4.78, 5) is 7.98. The molecule has 2 aromatic heterocycles. The average molecular weight is 240 g/mol. The quantitative estimate of drug-likeness (QED) is 0.748. The Hall–Kier alpha value is -2.10. The molecule has 0 aliphatic rings. The second-order valence-electron chi connectivity index (χ2n) is 4.60. The van der Waals surface area contributed by atoms with Gasteiger partial charge in [0.05, 0.1) is 16.7 Å². The van der Waals surface area contributed by atoms with E-state index in [9.17, 15) is 0 Å². The van der Waals surface area contributed by atoms with E-state index in [1.54, 1.807) is 0 Å². The minimum atomic E-state index is 0.880. The third-order valence-corrected chi connectivity index (χ3v) is 3.17. The topological polar surface area (TPSA) is 46.5 Å². The van der Waals surface area contributed by atoms with Crippen molar-refractivity contribution >= 4 is 11.0 Å². The van der Waals surface area contributed by atoms with E-state index in [2.05, 4.69) is 47.1 Å². The number of nitrogens with zero attached hydrogens (tertiary/aromatic N) is 3. The minimum Gasteiger partial charge on any atom is -0.337 e. The van der Waals surface area contributed by atoms with Crippen molar-refractivity contribution in [2.45, 2.75) is 20.3 Å². The van der Waals surface area contributed by atoms with Crippen molar-refractivity contribution in [2.75, 3.05) is 0 Å². The predicted octanol–water partition coefficient (Wildman–Crippen LogP) is 2.83. The van der Waals surface area contributed by atoms with Crippen LogP contribution in [0.15, 0.2) is 24.3 Å². The average Bonchev–Trinajstić information content (AvgIpc) is 2.91. The first-order valence-electron chi connectivity index (χ1n) is 6.17. The smallest absolute Gasteiger partial charge is 0.156 e. The lowest BCUT2D eigenvalue weighted by Crippen LogP contribution is -1.95. The highest BCUT2D eigenvalue weighted by Crippen LogP contribution is 2.21. The van der Waals surface area contributed by atoms with Crippen LogP contribution in [0.3, 0.4) is 0 Å². The molecule has 4 heteroatoms. The van der Waals surface area contributed by atoms with Crippen LogP contribution in [-0.4, -0.2) is 19.7 Å². The van der Waals surface area contributed by atoms with Crippen molar-refractivity contribution in [2.24, 2.45) is 7.05 Å². The van der Waals surface area contributed by atoms with Crippen molar-refractivity contribution in [3.8, 4) is 11.5 Å². The fourth-order valence-corrected chi connectivity index (χ4v) is 2.17. The number of benzene rings is 1. The first kappa shape index (κ1) is 11.0. The van der Waals surface area contributed by atoms with E-state index >= 15 is 0 Å². The lowest BCUT2D eigenvalue weighted by Gasteiger charge is -1.95. The number of rotatable bonds is 2. The lowest BCUT2D eigenvalue weighted by molar-refractivity contribution is 0.749. The van der Waals surface area contributed by atoms with Gasteiger partial charge in [-0.3, -0.25) is 4.68 Å². The van der Waals surface area contributed by atoms with E-state index in [0.717, 1.165) is 34.7 Å². The zero-order chi connectivity index (χ0) is 12.7. The SMILES string of the molecule is CCc1cc(-c2nc3ccc(C)cc3[nH]2)n(C)n1. The molecule has 0 aliphatic heterocycles.